The monoisotopic (exact) mass is 726 g/mol. The van der Waals surface area contributed by atoms with E-state index in [-0.39, 0.29) is 30.9 Å². The van der Waals surface area contributed by atoms with Crippen LogP contribution >= 0.6 is 11.3 Å². The predicted octanol–water partition coefficient (Wildman–Crippen LogP) is 3.88. The maximum Gasteiger partial charge on any atom is 0.410 e. The second-order valence-electron chi connectivity index (χ2n) is 13.2. The van der Waals surface area contributed by atoms with Crippen LogP contribution in [0.1, 0.15) is 31.2 Å². The molecule has 51 heavy (non-hydrogen) atoms. The lowest BCUT2D eigenvalue weighted by Gasteiger charge is -2.53. The molecule has 8 heterocycles. The Morgan fingerprint density at radius 3 is 2.67 bits per heavy atom. The Kier molecular flexibility index (Phi) is 8.98. The van der Waals surface area contributed by atoms with Crippen LogP contribution < -0.4 is 14.5 Å². The van der Waals surface area contributed by atoms with Gasteiger partial charge in [0.2, 0.25) is 5.88 Å². The van der Waals surface area contributed by atoms with Crippen molar-refractivity contribution in [2.45, 2.75) is 49.7 Å². The molecule has 3 aromatic heterocycles. The van der Waals surface area contributed by atoms with E-state index in [9.17, 15) is 23.5 Å². The fourth-order valence-electron chi connectivity index (χ4n) is 6.99. The third-order valence-corrected chi connectivity index (χ3v) is 10.9. The Morgan fingerprint density at radius 1 is 1.14 bits per heavy atom. The summed E-state index contributed by atoms with van der Waals surface area (Å²) in [5, 5.41) is 12.1. The molecule has 0 unspecified atom stereocenters. The molecule has 270 valence electrons. The van der Waals surface area contributed by atoms with Gasteiger partial charge in [-0.05, 0) is 35.6 Å². The summed E-state index contributed by atoms with van der Waals surface area (Å²) in [5.74, 6) is -1.42. The number of amides is 1. The maximum absolute atomic E-state index is 13.9. The Morgan fingerprint density at radius 2 is 1.98 bits per heavy atom. The molecule has 5 aliphatic heterocycles. The average molecular weight is 727 g/mol. The van der Waals surface area contributed by atoms with Crippen LogP contribution in [0.5, 0.6) is 5.88 Å². The quantitative estimate of drug-likeness (QED) is 0.341. The first kappa shape index (κ1) is 33.7. The first-order valence-electron chi connectivity index (χ1n) is 16.8. The zero-order chi connectivity index (χ0) is 35.3. The van der Waals surface area contributed by atoms with Gasteiger partial charge in [-0.15, -0.1) is 11.3 Å². The summed E-state index contributed by atoms with van der Waals surface area (Å²) < 4.78 is 56.8. The summed E-state index contributed by atoms with van der Waals surface area (Å²) in [6, 6.07) is 5.87. The summed E-state index contributed by atoms with van der Waals surface area (Å²) >= 11 is 1.34. The maximum atomic E-state index is 13.9. The van der Waals surface area contributed by atoms with Crippen LogP contribution in [-0.4, -0.2) is 126 Å². The molecule has 0 bridgehead atoms. The van der Waals surface area contributed by atoms with E-state index in [2.05, 4.69) is 21.8 Å². The summed E-state index contributed by atoms with van der Waals surface area (Å²) in [7, 11) is 0. The van der Waals surface area contributed by atoms with Gasteiger partial charge in [-0.1, -0.05) is 12.1 Å². The standard InChI is InChI=1S/C34H36F2N6O8S/c1-19-34(17-47-18-34)48-7-6-41(19)25-9-21(20-4-5-40(13-20)33(45)50-23-15-46-16-23)12-37-31(25)49-22-10-26(32(43)44)42(14-22)28-11-24(27-3-2-8-51-27)38-30(39-28)29(35)36/h2-4,8-9,11-12,19,22-23,26,29H,5-7,10,13-18H2,1H3,(H,43,44)/t19-,22-,26-/m0/s1. The molecule has 1 spiro atoms. The molecular weight excluding hydrogens is 690 g/mol. The molecule has 3 atom stereocenters. The van der Waals surface area contributed by atoms with Gasteiger partial charge in [-0.2, -0.15) is 0 Å². The number of alkyl halides is 2. The molecule has 1 N–H and O–H groups in total. The number of morpholine rings is 1. The first-order chi connectivity index (χ1) is 24.7. The molecule has 5 aliphatic rings. The number of thiophene rings is 1. The molecule has 1 amide bonds. The zero-order valence-electron chi connectivity index (χ0n) is 27.7. The van der Waals surface area contributed by atoms with Gasteiger partial charge in [-0.25, -0.2) is 33.3 Å². The lowest BCUT2D eigenvalue weighted by atomic mass is 9.90. The van der Waals surface area contributed by atoms with Gasteiger partial charge in [0.15, 0.2) is 11.9 Å². The smallest absolute Gasteiger partial charge is 0.410 e. The largest absolute Gasteiger partial charge is 0.480 e. The average Bonchev–Trinajstić information content (AvgIpc) is 3.88. The van der Waals surface area contributed by atoms with Crippen LogP contribution in [0.3, 0.4) is 0 Å². The third kappa shape index (κ3) is 6.47. The number of nitrogens with zero attached hydrogens (tertiary/aromatic N) is 6. The molecule has 3 aromatic rings. The number of carbonyl (C=O) groups is 2. The molecule has 0 aromatic carbocycles. The minimum Gasteiger partial charge on any atom is -0.480 e. The number of rotatable bonds is 9. The molecule has 8 rings (SSSR count). The van der Waals surface area contributed by atoms with E-state index in [1.165, 1.54) is 16.2 Å². The van der Waals surface area contributed by atoms with E-state index in [1.807, 2.05) is 17.5 Å². The second kappa shape index (κ2) is 13.6. The predicted molar refractivity (Wildman–Crippen MR) is 179 cm³/mol. The van der Waals surface area contributed by atoms with Crippen LogP contribution in [0.2, 0.25) is 0 Å². The van der Waals surface area contributed by atoms with Gasteiger partial charge in [0.05, 0.1) is 56.2 Å². The van der Waals surface area contributed by atoms with Crippen molar-refractivity contribution in [3.63, 3.8) is 0 Å². The highest BCUT2D eigenvalue weighted by atomic mass is 32.1. The van der Waals surface area contributed by atoms with Gasteiger partial charge in [0.25, 0.3) is 6.43 Å². The molecule has 0 radical (unpaired) electrons. The SMILES string of the molecule is C[C@@H]1N(c2cc(C3=CCN(C(=O)OC4COC4)C3)cnc2O[C@H]2C[C@@H](C(=O)O)N(c3cc(-c4cccs4)nc(C(F)F)n3)C2)CCOC12COC2. The molecular formula is C34H36F2N6O8S. The van der Waals surface area contributed by atoms with Crippen molar-refractivity contribution in [2.24, 2.45) is 0 Å². The van der Waals surface area contributed by atoms with Gasteiger partial charge in [0.1, 0.15) is 29.3 Å². The number of carbonyl (C=O) groups excluding carboxylic acids is 1. The Bertz CT molecular complexity index is 1820. The van der Waals surface area contributed by atoms with Crippen molar-refractivity contribution in [1.82, 2.24) is 19.9 Å². The minimum absolute atomic E-state index is 0.0608. The highest BCUT2D eigenvalue weighted by Gasteiger charge is 2.50. The van der Waals surface area contributed by atoms with E-state index < -0.39 is 42.1 Å². The summed E-state index contributed by atoms with van der Waals surface area (Å²) in [5.41, 5.74) is 2.19. The van der Waals surface area contributed by atoms with E-state index in [4.69, 9.17) is 28.7 Å². The number of aliphatic carboxylic acids is 1. The van der Waals surface area contributed by atoms with Crippen molar-refractivity contribution < 1.29 is 47.2 Å². The van der Waals surface area contributed by atoms with E-state index in [1.54, 1.807) is 29.3 Å². The molecule has 4 fully saturated rings. The number of hydrogen-bond donors (Lipinski definition) is 1. The molecule has 0 aliphatic carbocycles. The Hall–Kier alpha value is -4.45. The van der Waals surface area contributed by atoms with Gasteiger partial charge < -0.3 is 43.5 Å². The number of ether oxygens (including phenoxy) is 5. The number of pyridine rings is 1. The Balaban J connectivity index is 1.08. The van der Waals surface area contributed by atoms with Crippen LogP contribution in [0, 0.1) is 0 Å². The van der Waals surface area contributed by atoms with Crippen molar-refractivity contribution >= 4 is 40.5 Å². The number of carboxylic acids is 1. The summed E-state index contributed by atoms with van der Waals surface area (Å²) in [6.07, 6.45) is -0.532. The van der Waals surface area contributed by atoms with E-state index in [0.717, 1.165) is 11.1 Å². The molecule has 14 nitrogen and oxygen atoms in total. The van der Waals surface area contributed by atoms with E-state index >= 15 is 0 Å². The van der Waals surface area contributed by atoms with Crippen LogP contribution in [0.4, 0.5) is 25.1 Å². The van der Waals surface area contributed by atoms with Crippen molar-refractivity contribution in [3.8, 4) is 16.5 Å². The van der Waals surface area contributed by atoms with Crippen molar-refractivity contribution in [1.29, 1.82) is 0 Å². The highest BCUT2D eigenvalue weighted by molar-refractivity contribution is 7.13. The number of anilines is 2. The lowest BCUT2D eigenvalue weighted by molar-refractivity contribution is -0.228. The van der Waals surface area contributed by atoms with Crippen LogP contribution in [0.15, 0.2) is 41.9 Å². The van der Waals surface area contributed by atoms with Gasteiger partial charge in [0, 0.05) is 38.3 Å². The third-order valence-electron chi connectivity index (χ3n) is 10.0. The fourth-order valence-corrected chi connectivity index (χ4v) is 7.68. The lowest BCUT2D eigenvalue weighted by Crippen LogP contribution is -2.68. The molecule has 0 saturated carbocycles. The van der Waals surface area contributed by atoms with Crippen LogP contribution in [-0.2, 0) is 23.7 Å². The minimum atomic E-state index is -2.95. The zero-order valence-corrected chi connectivity index (χ0v) is 28.5. The summed E-state index contributed by atoms with van der Waals surface area (Å²) in [6.45, 7) is 5.56. The molecule has 4 saturated heterocycles. The molecule has 17 heteroatoms. The second-order valence-corrected chi connectivity index (χ2v) is 14.2. The van der Waals surface area contributed by atoms with E-state index in [0.29, 0.717) is 74.8 Å². The number of halogens is 2. The highest BCUT2D eigenvalue weighted by Crippen LogP contribution is 2.41. The van der Waals surface area contributed by atoms with Crippen molar-refractivity contribution in [3.05, 3.63) is 53.3 Å². The van der Waals surface area contributed by atoms with Gasteiger partial charge >= 0.3 is 12.1 Å². The van der Waals surface area contributed by atoms with Crippen molar-refractivity contribution in [2.75, 3.05) is 69.0 Å². The fraction of sp³-hybridized carbons (Fsp3) is 0.500. The number of carboxylic acid groups (broad SMARTS) is 1. The topological polar surface area (TPSA) is 149 Å². The Labute approximate surface area is 295 Å². The number of hydrogen-bond acceptors (Lipinski definition) is 13. The van der Waals surface area contributed by atoms with Crippen LogP contribution in [0.25, 0.3) is 16.1 Å². The first-order valence-corrected chi connectivity index (χ1v) is 17.6. The summed E-state index contributed by atoms with van der Waals surface area (Å²) in [4.78, 5) is 44.1. The number of aromatic nitrogens is 3. The van der Waals surface area contributed by atoms with Gasteiger partial charge in [-0.3, -0.25) is 0 Å². The normalized spacial score (nSPS) is 24.4.